The number of piperidine rings is 1. The molecule has 0 aromatic carbocycles. The number of likely N-dealkylation sites (tertiary alicyclic amines) is 1. The molecule has 0 aromatic rings. The highest BCUT2D eigenvalue weighted by Gasteiger charge is 2.32. The summed E-state index contributed by atoms with van der Waals surface area (Å²) < 4.78 is 0. The second-order valence-electron chi connectivity index (χ2n) is 4.12. The summed E-state index contributed by atoms with van der Waals surface area (Å²) in [6, 6.07) is 0. The Kier molecular flexibility index (Phi) is 6.65. The van der Waals surface area contributed by atoms with Gasteiger partial charge in [0.1, 0.15) is 0 Å². The van der Waals surface area contributed by atoms with Gasteiger partial charge in [-0.2, -0.15) is 0 Å². The maximum atomic E-state index is 2.47. The first kappa shape index (κ1) is 15.0. The Morgan fingerprint density at radius 1 is 1.25 bits per heavy atom. The molecule has 12 heavy (non-hydrogen) atoms. The lowest BCUT2D eigenvalue weighted by atomic mass is 9.81. The summed E-state index contributed by atoms with van der Waals surface area (Å²) >= 11 is 0. The van der Waals surface area contributed by atoms with Crippen LogP contribution in [0.1, 0.15) is 33.6 Å². The average molecular weight is 214 g/mol. The van der Waals surface area contributed by atoms with E-state index in [9.17, 15) is 0 Å². The fraction of sp³-hybridized carbons (Fsp3) is 1.00. The maximum absolute atomic E-state index is 2.47. The molecule has 0 aromatic heterocycles. The number of hydrogen-bond acceptors (Lipinski definition) is 1. The van der Waals surface area contributed by atoms with Gasteiger partial charge in [0.25, 0.3) is 0 Å². The van der Waals surface area contributed by atoms with Crippen molar-refractivity contribution >= 4 is 24.8 Å². The predicted octanol–water partition coefficient (Wildman–Crippen LogP) is 2.97. The van der Waals surface area contributed by atoms with E-state index >= 15 is 0 Å². The third kappa shape index (κ3) is 2.79. The van der Waals surface area contributed by atoms with E-state index in [4.69, 9.17) is 0 Å². The van der Waals surface area contributed by atoms with Crippen LogP contribution in [-0.4, -0.2) is 24.0 Å². The zero-order chi connectivity index (χ0) is 7.78. The van der Waals surface area contributed by atoms with Crippen LogP contribution in [-0.2, 0) is 0 Å². The molecule has 1 fully saturated rings. The lowest BCUT2D eigenvalue weighted by Crippen LogP contribution is -2.49. The van der Waals surface area contributed by atoms with Gasteiger partial charge in [-0.1, -0.05) is 6.92 Å². The summed E-state index contributed by atoms with van der Waals surface area (Å²) in [5, 5.41) is 0. The molecule has 0 bridgehead atoms. The molecule has 1 saturated heterocycles. The SMILES string of the molecule is CC1CCCN(C)C1(C)C.Cl.Cl. The molecule has 1 unspecified atom stereocenters. The summed E-state index contributed by atoms with van der Waals surface area (Å²) in [7, 11) is 2.23. The second kappa shape index (κ2) is 5.31. The zero-order valence-electron chi connectivity index (χ0n) is 8.46. The van der Waals surface area contributed by atoms with Crippen molar-refractivity contribution in [2.45, 2.75) is 39.2 Å². The molecule has 0 amide bonds. The van der Waals surface area contributed by atoms with E-state index in [-0.39, 0.29) is 24.8 Å². The summed E-state index contributed by atoms with van der Waals surface area (Å²) in [6.07, 6.45) is 2.78. The Balaban J connectivity index is 0. The first-order valence-electron chi connectivity index (χ1n) is 4.26. The fourth-order valence-corrected chi connectivity index (χ4v) is 1.65. The number of nitrogens with zero attached hydrogens (tertiary/aromatic N) is 1. The first-order valence-corrected chi connectivity index (χ1v) is 4.26. The Morgan fingerprint density at radius 2 is 1.75 bits per heavy atom. The van der Waals surface area contributed by atoms with Crippen molar-refractivity contribution in [3.63, 3.8) is 0 Å². The van der Waals surface area contributed by atoms with Gasteiger partial charge in [-0.15, -0.1) is 24.8 Å². The van der Waals surface area contributed by atoms with Crippen LogP contribution in [0.15, 0.2) is 0 Å². The average Bonchev–Trinajstić information content (AvgIpc) is 1.84. The Labute approximate surface area is 88.7 Å². The molecule has 1 rings (SSSR count). The summed E-state index contributed by atoms with van der Waals surface area (Å²) in [5.41, 5.74) is 0.429. The predicted molar refractivity (Wildman–Crippen MR) is 59.6 cm³/mol. The van der Waals surface area contributed by atoms with Crippen molar-refractivity contribution in [2.24, 2.45) is 5.92 Å². The molecule has 76 valence electrons. The minimum Gasteiger partial charge on any atom is -0.301 e. The minimum atomic E-state index is 0. The summed E-state index contributed by atoms with van der Waals surface area (Å²) in [5.74, 6) is 0.853. The van der Waals surface area contributed by atoms with Gasteiger partial charge in [0.2, 0.25) is 0 Å². The van der Waals surface area contributed by atoms with Gasteiger partial charge in [0.05, 0.1) is 0 Å². The highest BCUT2D eigenvalue weighted by Crippen LogP contribution is 2.30. The molecule has 0 N–H and O–H groups in total. The van der Waals surface area contributed by atoms with Gasteiger partial charge >= 0.3 is 0 Å². The molecule has 1 atom stereocenters. The van der Waals surface area contributed by atoms with E-state index in [0.29, 0.717) is 5.54 Å². The van der Waals surface area contributed by atoms with Gasteiger partial charge in [0.15, 0.2) is 0 Å². The van der Waals surface area contributed by atoms with Crippen molar-refractivity contribution in [1.29, 1.82) is 0 Å². The summed E-state index contributed by atoms with van der Waals surface area (Å²) in [4.78, 5) is 2.47. The first-order chi connectivity index (χ1) is 4.55. The van der Waals surface area contributed by atoms with Gasteiger partial charge in [-0.3, -0.25) is 0 Å². The maximum Gasteiger partial charge on any atom is 0.0175 e. The fourth-order valence-electron chi connectivity index (χ4n) is 1.65. The van der Waals surface area contributed by atoms with Gasteiger partial charge < -0.3 is 4.90 Å². The van der Waals surface area contributed by atoms with Gasteiger partial charge in [-0.25, -0.2) is 0 Å². The van der Waals surface area contributed by atoms with E-state index in [1.807, 2.05) is 0 Å². The highest BCUT2D eigenvalue weighted by atomic mass is 35.5. The van der Waals surface area contributed by atoms with Crippen LogP contribution in [0, 0.1) is 5.92 Å². The standard InChI is InChI=1S/C9H19N.2ClH/c1-8-6-5-7-10(4)9(8,2)3;;/h8H,5-7H2,1-4H3;2*1H. The Morgan fingerprint density at radius 3 is 2.08 bits per heavy atom. The van der Waals surface area contributed by atoms with Crippen LogP contribution in [0.5, 0.6) is 0 Å². The van der Waals surface area contributed by atoms with E-state index in [1.54, 1.807) is 0 Å². The van der Waals surface area contributed by atoms with E-state index in [0.717, 1.165) is 5.92 Å². The van der Waals surface area contributed by atoms with Gasteiger partial charge in [-0.05, 0) is 46.2 Å². The van der Waals surface area contributed by atoms with Gasteiger partial charge in [0, 0.05) is 5.54 Å². The number of rotatable bonds is 0. The normalized spacial score (nSPS) is 28.5. The topological polar surface area (TPSA) is 3.24 Å². The molecule has 0 aliphatic carbocycles. The minimum absolute atomic E-state index is 0. The van der Waals surface area contributed by atoms with E-state index in [1.165, 1.54) is 19.4 Å². The third-order valence-electron chi connectivity index (χ3n) is 3.32. The van der Waals surface area contributed by atoms with Crippen molar-refractivity contribution in [3.8, 4) is 0 Å². The Hall–Kier alpha value is 0.540. The van der Waals surface area contributed by atoms with Crippen molar-refractivity contribution in [1.82, 2.24) is 4.90 Å². The van der Waals surface area contributed by atoms with Crippen LogP contribution < -0.4 is 0 Å². The smallest absolute Gasteiger partial charge is 0.0175 e. The van der Waals surface area contributed by atoms with Crippen LogP contribution in [0.25, 0.3) is 0 Å². The molecule has 1 nitrogen and oxygen atoms in total. The van der Waals surface area contributed by atoms with Crippen LogP contribution in [0.2, 0.25) is 0 Å². The lowest BCUT2D eigenvalue weighted by Gasteiger charge is -2.44. The number of hydrogen-bond donors (Lipinski definition) is 0. The molecule has 1 aliphatic heterocycles. The van der Waals surface area contributed by atoms with Crippen molar-refractivity contribution < 1.29 is 0 Å². The highest BCUT2D eigenvalue weighted by molar-refractivity contribution is 5.85. The van der Waals surface area contributed by atoms with Crippen molar-refractivity contribution in [2.75, 3.05) is 13.6 Å². The largest absolute Gasteiger partial charge is 0.301 e. The zero-order valence-corrected chi connectivity index (χ0v) is 10.1. The summed E-state index contributed by atoms with van der Waals surface area (Å²) in [6.45, 7) is 8.32. The molecule has 0 spiro atoms. The van der Waals surface area contributed by atoms with Crippen LogP contribution >= 0.6 is 24.8 Å². The number of halogens is 2. The monoisotopic (exact) mass is 213 g/mol. The molecule has 1 heterocycles. The van der Waals surface area contributed by atoms with Crippen molar-refractivity contribution in [3.05, 3.63) is 0 Å². The van der Waals surface area contributed by atoms with E-state index in [2.05, 4.69) is 32.7 Å². The Bertz CT molecular complexity index is 114. The second-order valence-corrected chi connectivity index (χ2v) is 4.12. The molecule has 0 saturated carbocycles. The third-order valence-corrected chi connectivity index (χ3v) is 3.32. The molecule has 0 radical (unpaired) electrons. The van der Waals surface area contributed by atoms with Crippen LogP contribution in [0.3, 0.4) is 0 Å². The quantitative estimate of drug-likeness (QED) is 0.599. The van der Waals surface area contributed by atoms with E-state index < -0.39 is 0 Å². The molecular weight excluding hydrogens is 193 g/mol. The van der Waals surface area contributed by atoms with Crippen LogP contribution in [0.4, 0.5) is 0 Å². The molecule has 3 heteroatoms. The molecular formula is C9H21Cl2N. The molecule has 1 aliphatic rings. The lowest BCUT2D eigenvalue weighted by molar-refractivity contribution is 0.0547.